The van der Waals surface area contributed by atoms with Gasteiger partial charge in [-0.25, -0.2) is 0 Å². The van der Waals surface area contributed by atoms with E-state index in [0.717, 1.165) is 37.1 Å². The molecule has 2 N–H and O–H groups in total. The minimum absolute atomic E-state index is 0.0985. The third-order valence-corrected chi connectivity index (χ3v) is 4.51. The van der Waals surface area contributed by atoms with Gasteiger partial charge in [0.1, 0.15) is 0 Å². The van der Waals surface area contributed by atoms with Crippen molar-refractivity contribution >= 4 is 23.1 Å². The number of nitrogens with zero attached hydrogens (tertiary/aromatic N) is 1. The molecule has 1 aromatic rings. The Bertz CT molecular complexity index is 505. The van der Waals surface area contributed by atoms with Crippen LogP contribution in [0.4, 0.5) is 0 Å². The van der Waals surface area contributed by atoms with Gasteiger partial charge in [0.25, 0.3) is 5.91 Å². The number of amides is 1. The number of carbonyl (C=O) groups is 1. The second kappa shape index (κ2) is 5.29. The zero-order valence-electron chi connectivity index (χ0n) is 11.5. The molecule has 102 valence electrons. The second-order valence-electron chi connectivity index (χ2n) is 5.59. The van der Waals surface area contributed by atoms with Gasteiger partial charge in [-0.05, 0) is 31.9 Å². The van der Waals surface area contributed by atoms with E-state index in [0.29, 0.717) is 4.99 Å². The predicted octanol–water partition coefficient (Wildman–Crippen LogP) is 2.52. The number of nitrogens with two attached hydrogens (primary N) is 1. The molecule has 1 saturated heterocycles. The smallest absolute Gasteiger partial charge is 0.253 e. The number of benzene rings is 1. The standard InChI is InChI=1S/C15H20N2OS/c1-11-4-3-5-12(10-11)13(18)17-8-6-15(2,7-9-17)14(16)19/h3-5,10H,6-9H2,1-2H3,(H2,16,19). The highest BCUT2D eigenvalue weighted by atomic mass is 32.1. The lowest BCUT2D eigenvalue weighted by Crippen LogP contribution is -2.46. The molecule has 1 aliphatic rings. The number of aryl methyl sites for hydroxylation is 1. The maximum atomic E-state index is 12.4. The Morgan fingerprint density at radius 2 is 2.00 bits per heavy atom. The van der Waals surface area contributed by atoms with Gasteiger partial charge in [0.15, 0.2) is 0 Å². The van der Waals surface area contributed by atoms with Crippen LogP contribution in [-0.4, -0.2) is 28.9 Å². The van der Waals surface area contributed by atoms with Crippen molar-refractivity contribution in [3.63, 3.8) is 0 Å². The van der Waals surface area contributed by atoms with E-state index in [1.807, 2.05) is 36.1 Å². The van der Waals surface area contributed by atoms with Crippen molar-refractivity contribution in [2.45, 2.75) is 26.7 Å². The minimum atomic E-state index is -0.0985. The van der Waals surface area contributed by atoms with Crippen LogP contribution in [-0.2, 0) is 0 Å². The molecule has 0 radical (unpaired) electrons. The molecule has 3 nitrogen and oxygen atoms in total. The van der Waals surface area contributed by atoms with Crippen molar-refractivity contribution in [2.75, 3.05) is 13.1 Å². The summed E-state index contributed by atoms with van der Waals surface area (Å²) in [7, 11) is 0. The van der Waals surface area contributed by atoms with E-state index >= 15 is 0 Å². The first-order chi connectivity index (χ1) is 8.92. The van der Waals surface area contributed by atoms with Crippen LogP contribution in [0.5, 0.6) is 0 Å². The molecule has 0 unspecified atom stereocenters. The Morgan fingerprint density at radius 3 is 2.53 bits per heavy atom. The molecule has 4 heteroatoms. The fourth-order valence-electron chi connectivity index (χ4n) is 2.41. The number of carbonyl (C=O) groups excluding carboxylic acids is 1. The number of rotatable bonds is 2. The molecule has 0 atom stereocenters. The molecule has 1 amide bonds. The Labute approximate surface area is 119 Å². The van der Waals surface area contributed by atoms with E-state index in [2.05, 4.69) is 6.92 Å². The summed E-state index contributed by atoms with van der Waals surface area (Å²) >= 11 is 5.12. The van der Waals surface area contributed by atoms with Crippen LogP contribution >= 0.6 is 12.2 Å². The summed E-state index contributed by atoms with van der Waals surface area (Å²) in [4.78, 5) is 14.9. The van der Waals surface area contributed by atoms with E-state index in [-0.39, 0.29) is 11.3 Å². The van der Waals surface area contributed by atoms with Crippen molar-refractivity contribution in [3.8, 4) is 0 Å². The highest BCUT2D eigenvalue weighted by molar-refractivity contribution is 7.80. The Hall–Kier alpha value is -1.42. The van der Waals surface area contributed by atoms with Crippen molar-refractivity contribution in [1.82, 2.24) is 4.90 Å². The Kier molecular flexibility index (Phi) is 3.90. The van der Waals surface area contributed by atoms with Gasteiger partial charge in [-0.1, -0.05) is 36.8 Å². The summed E-state index contributed by atoms with van der Waals surface area (Å²) < 4.78 is 0. The molecule has 1 fully saturated rings. The first-order valence-corrected chi connectivity index (χ1v) is 6.99. The highest BCUT2D eigenvalue weighted by Gasteiger charge is 2.34. The zero-order valence-corrected chi connectivity index (χ0v) is 12.3. The van der Waals surface area contributed by atoms with E-state index < -0.39 is 0 Å². The molecule has 1 aromatic carbocycles. The topological polar surface area (TPSA) is 46.3 Å². The Balaban J connectivity index is 2.06. The van der Waals surface area contributed by atoms with Gasteiger partial charge in [-0.15, -0.1) is 0 Å². The molecule has 1 aliphatic heterocycles. The van der Waals surface area contributed by atoms with Crippen LogP contribution < -0.4 is 5.73 Å². The number of likely N-dealkylation sites (tertiary alicyclic amines) is 1. The van der Waals surface area contributed by atoms with E-state index in [9.17, 15) is 4.79 Å². The lowest BCUT2D eigenvalue weighted by molar-refractivity contribution is 0.0670. The van der Waals surface area contributed by atoms with Gasteiger partial charge in [0.2, 0.25) is 0 Å². The summed E-state index contributed by atoms with van der Waals surface area (Å²) in [6.07, 6.45) is 1.69. The van der Waals surface area contributed by atoms with Crippen molar-refractivity contribution < 1.29 is 4.79 Å². The molecule has 0 aromatic heterocycles. The minimum Gasteiger partial charge on any atom is -0.393 e. The van der Waals surface area contributed by atoms with Crippen LogP contribution in [0.2, 0.25) is 0 Å². The van der Waals surface area contributed by atoms with Gasteiger partial charge in [0, 0.05) is 24.1 Å². The molecule has 2 rings (SSSR count). The normalized spacial score (nSPS) is 18.1. The van der Waals surface area contributed by atoms with Crippen LogP contribution in [0, 0.1) is 12.3 Å². The average Bonchev–Trinajstić information content (AvgIpc) is 2.38. The van der Waals surface area contributed by atoms with Crippen LogP contribution in [0.1, 0.15) is 35.7 Å². The first-order valence-electron chi connectivity index (χ1n) is 6.58. The molecular formula is C15H20N2OS. The number of hydrogen-bond donors (Lipinski definition) is 1. The van der Waals surface area contributed by atoms with Gasteiger partial charge in [0.05, 0.1) is 4.99 Å². The summed E-state index contributed by atoms with van der Waals surface area (Å²) in [5.74, 6) is 0.105. The summed E-state index contributed by atoms with van der Waals surface area (Å²) in [6, 6.07) is 7.73. The maximum absolute atomic E-state index is 12.4. The number of thiocarbonyl (C=S) groups is 1. The fourth-order valence-corrected chi connectivity index (χ4v) is 2.61. The summed E-state index contributed by atoms with van der Waals surface area (Å²) in [6.45, 7) is 5.53. The van der Waals surface area contributed by atoms with E-state index in [1.165, 1.54) is 0 Å². The average molecular weight is 276 g/mol. The summed E-state index contributed by atoms with van der Waals surface area (Å²) in [5.41, 5.74) is 7.55. The van der Waals surface area contributed by atoms with Crippen LogP contribution in [0.25, 0.3) is 0 Å². The summed E-state index contributed by atoms with van der Waals surface area (Å²) in [5, 5.41) is 0. The molecular weight excluding hydrogens is 256 g/mol. The molecule has 0 bridgehead atoms. The monoisotopic (exact) mass is 276 g/mol. The van der Waals surface area contributed by atoms with Crippen LogP contribution in [0.3, 0.4) is 0 Å². The van der Waals surface area contributed by atoms with Crippen LogP contribution in [0.15, 0.2) is 24.3 Å². The molecule has 0 aliphatic carbocycles. The van der Waals surface area contributed by atoms with Gasteiger partial charge in [-0.2, -0.15) is 0 Å². The lowest BCUT2D eigenvalue weighted by atomic mass is 9.80. The van der Waals surface area contributed by atoms with E-state index in [4.69, 9.17) is 18.0 Å². The largest absolute Gasteiger partial charge is 0.393 e. The number of hydrogen-bond acceptors (Lipinski definition) is 2. The van der Waals surface area contributed by atoms with Gasteiger partial charge >= 0.3 is 0 Å². The molecule has 0 saturated carbocycles. The molecule has 0 spiro atoms. The van der Waals surface area contributed by atoms with Gasteiger partial charge < -0.3 is 10.6 Å². The molecule has 19 heavy (non-hydrogen) atoms. The van der Waals surface area contributed by atoms with Crippen molar-refractivity contribution in [2.24, 2.45) is 11.1 Å². The predicted molar refractivity (Wildman–Crippen MR) is 81.2 cm³/mol. The fraction of sp³-hybridized carbons (Fsp3) is 0.467. The lowest BCUT2D eigenvalue weighted by Gasteiger charge is -2.38. The van der Waals surface area contributed by atoms with E-state index in [1.54, 1.807) is 0 Å². The SMILES string of the molecule is Cc1cccc(C(=O)N2CCC(C)(C(N)=S)CC2)c1. The zero-order chi connectivity index (χ0) is 14.0. The first kappa shape index (κ1) is 14.0. The third kappa shape index (κ3) is 2.95. The third-order valence-electron chi connectivity index (χ3n) is 4.01. The highest BCUT2D eigenvalue weighted by Crippen LogP contribution is 2.31. The second-order valence-corrected chi connectivity index (χ2v) is 6.03. The maximum Gasteiger partial charge on any atom is 0.253 e. The molecule has 1 heterocycles. The van der Waals surface area contributed by atoms with Gasteiger partial charge in [-0.3, -0.25) is 4.79 Å². The van der Waals surface area contributed by atoms with Crippen molar-refractivity contribution in [3.05, 3.63) is 35.4 Å². The van der Waals surface area contributed by atoms with Crippen molar-refractivity contribution in [1.29, 1.82) is 0 Å². The Morgan fingerprint density at radius 1 is 1.37 bits per heavy atom. The number of piperidine rings is 1. The quantitative estimate of drug-likeness (QED) is 0.844.